The number of hydrogen-bond donors (Lipinski definition) is 4. The van der Waals surface area contributed by atoms with Crippen LogP contribution in [0, 0.1) is 10.1 Å². The first kappa shape index (κ1) is 20.7. The molecule has 13 heteroatoms. The highest BCUT2D eigenvalue weighted by Gasteiger charge is 2.31. The summed E-state index contributed by atoms with van der Waals surface area (Å²) in [6, 6.07) is 2.29. The predicted octanol–water partition coefficient (Wildman–Crippen LogP) is -1.33. The van der Waals surface area contributed by atoms with Crippen LogP contribution in [0.5, 0.6) is 0 Å². The Hall–Kier alpha value is -2.32. The third kappa shape index (κ3) is 5.61. The second kappa shape index (κ2) is 9.24. The number of carbonyl (C=O) groups is 1. The minimum absolute atomic E-state index is 0.218. The minimum Gasteiger partial charge on any atom is -0.395 e. The van der Waals surface area contributed by atoms with Gasteiger partial charge in [-0.3, -0.25) is 15.0 Å². The van der Waals surface area contributed by atoms with Crippen molar-refractivity contribution in [2.24, 2.45) is 5.73 Å². The number of nitrogens with one attached hydrogen (secondary N) is 1. The zero-order valence-corrected chi connectivity index (χ0v) is 13.8. The topological polar surface area (TPSA) is 185 Å². The predicted molar refractivity (Wildman–Crippen MR) is 83.5 cm³/mol. The fraction of sp³-hybridized carbons (Fsp3) is 0.417. The molecule has 0 bridgehead atoms. The van der Waals surface area contributed by atoms with Crippen LogP contribution >= 0.6 is 0 Å². The third-order valence-electron chi connectivity index (χ3n) is 2.95. The standard InChI is InChI=1S/C12H18N4O8S/c13-12(19)14-24-8-9-1-2-11(10(7-9)16(20)21)25(22,23)15(3-5-17)4-6-18/h1-2,7,17-18H,3-6,8H2,(H3,13,14,19). The molecule has 0 fully saturated rings. The van der Waals surface area contributed by atoms with Crippen molar-refractivity contribution in [2.75, 3.05) is 26.3 Å². The lowest BCUT2D eigenvalue weighted by atomic mass is 10.2. The summed E-state index contributed by atoms with van der Waals surface area (Å²) < 4.78 is 25.8. The summed E-state index contributed by atoms with van der Waals surface area (Å²) in [4.78, 5) is 25.0. The first-order chi connectivity index (χ1) is 11.7. The number of nitrogens with two attached hydrogens (primary N) is 1. The first-order valence-corrected chi connectivity index (χ1v) is 8.34. The molecule has 0 aromatic heterocycles. The molecule has 0 aliphatic rings. The Bertz CT molecular complexity index is 718. The van der Waals surface area contributed by atoms with Gasteiger partial charge in [0.05, 0.1) is 18.1 Å². The lowest BCUT2D eigenvalue weighted by Gasteiger charge is -2.20. The van der Waals surface area contributed by atoms with Gasteiger partial charge in [-0.1, -0.05) is 6.07 Å². The zero-order valence-electron chi connectivity index (χ0n) is 13.0. The molecule has 1 aromatic carbocycles. The molecule has 0 saturated heterocycles. The van der Waals surface area contributed by atoms with Crippen LogP contribution < -0.4 is 11.2 Å². The molecule has 1 aromatic rings. The summed E-state index contributed by atoms with van der Waals surface area (Å²) >= 11 is 0. The fourth-order valence-corrected chi connectivity index (χ4v) is 3.48. The molecule has 2 amide bonds. The van der Waals surface area contributed by atoms with E-state index in [0.717, 1.165) is 16.4 Å². The number of primary amides is 1. The van der Waals surface area contributed by atoms with Gasteiger partial charge in [-0.25, -0.2) is 18.7 Å². The van der Waals surface area contributed by atoms with Crippen LogP contribution in [0.15, 0.2) is 23.1 Å². The zero-order chi connectivity index (χ0) is 19.0. The molecule has 0 saturated carbocycles. The Morgan fingerprint density at radius 1 is 1.32 bits per heavy atom. The second-order valence-corrected chi connectivity index (χ2v) is 6.57. The maximum absolute atomic E-state index is 12.5. The molecule has 140 valence electrons. The number of sulfonamides is 1. The average molecular weight is 378 g/mol. The van der Waals surface area contributed by atoms with E-state index in [9.17, 15) is 23.3 Å². The Labute approximate surface area is 143 Å². The number of amides is 2. The van der Waals surface area contributed by atoms with Crippen molar-refractivity contribution in [1.29, 1.82) is 0 Å². The van der Waals surface area contributed by atoms with Gasteiger partial charge >= 0.3 is 6.03 Å². The number of nitro benzene ring substituents is 1. The maximum Gasteiger partial charge on any atom is 0.336 e. The highest BCUT2D eigenvalue weighted by Crippen LogP contribution is 2.28. The van der Waals surface area contributed by atoms with E-state index in [1.807, 2.05) is 5.48 Å². The molecule has 0 aliphatic carbocycles. The van der Waals surface area contributed by atoms with Crippen molar-refractivity contribution in [3.63, 3.8) is 0 Å². The van der Waals surface area contributed by atoms with E-state index in [4.69, 9.17) is 20.8 Å². The van der Waals surface area contributed by atoms with E-state index in [0.29, 0.717) is 0 Å². The maximum atomic E-state index is 12.5. The largest absolute Gasteiger partial charge is 0.395 e. The molecule has 0 unspecified atom stereocenters. The highest BCUT2D eigenvalue weighted by molar-refractivity contribution is 7.89. The number of nitrogens with zero attached hydrogens (tertiary/aromatic N) is 2. The van der Waals surface area contributed by atoms with Crippen LogP contribution in [0.25, 0.3) is 0 Å². The molecule has 25 heavy (non-hydrogen) atoms. The monoisotopic (exact) mass is 378 g/mol. The number of aliphatic hydroxyl groups excluding tert-OH is 2. The van der Waals surface area contributed by atoms with Crippen molar-refractivity contribution in [1.82, 2.24) is 9.79 Å². The van der Waals surface area contributed by atoms with Gasteiger partial charge in [0.2, 0.25) is 10.0 Å². The number of carbonyl (C=O) groups excluding carboxylic acids is 1. The number of aliphatic hydroxyl groups is 2. The van der Waals surface area contributed by atoms with Gasteiger partial charge in [-0.05, 0) is 11.6 Å². The third-order valence-corrected chi connectivity index (χ3v) is 4.89. The van der Waals surface area contributed by atoms with E-state index in [2.05, 4.69) is 0 Å². The fourth-order valence-electron chi connectivity index (χ4n) is 1.92. The summed E-state index contributed by atoms with van der Waals surface area (Å²) in [5.41, 5.74) is 6.13. The van der Waals surface area contributed by atoms with Crippen molar-refractivity contribution in [2.45, 2.75) is 11.5 Å². The lowest BCUT2D eigenvalue weighted by Crippen LogP contribution is -2.36. The molecule has 0 radical (unpaired) electrons. The summed E-state index contributed by atoms with van der Waals surface area (Å²) in [7, 11) is -4.31. The van der Waals surface area contributed by atoms with E-state index >= 15 is 0 Å². The van der Waals surface area contributed by atoms with Gasteiger partial charge < -0.3 is 15.9 Å². The van der Waals surface area contributed by atoms with Crippen molar-refractivity contribution >= 4 is 21.7 Å². The number of nitro groups is 1. The van der Waals surface area contributed by atoms with Gasteiger partial charge in [0.1, 0.15) is 6.61 Å². The molecule has 1 rings (SSSR count). The van der Waals surface area contributed by atoms with E-state index in [1.165, 1.54) is 6.07 Å². The normalized spacial score (nSPS) is 11.5. The van der Waals surface area contributed by atoms with Crippen LogP contribution in [0.4, 0.5) is 10.5 Å². The van der Waals surface area contributed by atoms with Crippen LogP contribution in [-0.4, -0.2) is 60.2 Å². The smallest absolute Gasteiger partial charge is 0.336 e. The molecular formula is C12H18N4O8S. The highest BCUT2D eigenvalue weighted by atomic mass is 32.2. The molecule has 0 heterocycles. The summed E-state index contributed by atoms with van der Waals surface area (Å²) in [6.07, 6.45) is 0. The summed E-state index contributed by atoms with van der Waals surface area (Å²) in [5.74, 6) is 0. The van der Waals surface area contributed by atoms with Gasteiger partial charge in [0, 0.05) is 19.2 Å². The minimum atomic E-state index is -4.31. The van der Waals surface area contributed by atoms with Crippen molar-refractivity contribution < 1.29 is 33.2 Å². The molecule has 0 atom stereocenters. The lowest BCUT2D eigenvalue weighted by molar-refractivity contribution is -0.388. The summed E-state index contributed by atoms with van der Waals surface area (Å²) in [5, 5.41) is 29.1. The van der Waals surface area contributed by atoms with Crippen LogP contribution in [-0.2, 0) is 21.5 Å². The van der Waals surface area contributed by atoms with E-state index < -0.39 is 44.8 Å². The van der Waals surface area contributed by atoms with Crippen LogP contribution in [0.1, 0.15) is 5.56 Å². The van der Waals surface area contributed by atoms with Gasteiger partial charge in [-0.2, -0.15) is 4.31 Å². The molecule has 0 spiro atoms. The Kier molecular flexibility index (Phi) is 7.66. The van der Waals surface area contributed by atoms with E-state index in [-0.39, 0.29) is 25.3 Å². The van der Waals surface area contributed by atoms with Gasteiger partial charge in [0.25, 0.3) is 5.69 Å². The van der Waals surface area contributed by atoms with Crippen LogP contribution in [0.2, 0.25) is 0 Å². The van der Waals surface area contributed by atoms with Crippen LogP contribution in [0.3, 0.4) is 0 Å². The SMILES string of the molecule is NC(=O)NOCc1ccc(S(=O)(=O)N(CCO)CCO)c([N+](=O)[O-])c1. The van der Waals surface area contributed by atoms with Gasteiger partial charge in [0.15, 0.2) is 4.90 Å². The van der Waals surface area contributed by atoms with Crippen molar-refractivity contribution in [3.05, 3.63) is 33.9 Å². The molecule has 0 aliphatic heterocycles. The first-order valence-electron chi connectivity index (χ1n) is 6.90. The molecule has 5 N–H and O–H groups in total. The van der Waals surface area contributed by atoms with Gasteiger partial charge in [-0.15, -0.1) is 0 Å². The number of benzene rings is 1. The Morgan fingerprint density at radius 2 is 1.92 bits per heavy atom. The quantitative estimate of drug-likeness (QED) is 0.285. The Morgan fingerprint density at radius 3 is 2.40 bits per heavy atom. The Balaban J connectivity index is 3.21. The average Bonchev–Trinajstić information content (AvgIpc) is 2.54. The number of urea groups is 1. The molecule has 12 nitrogen and oxygen atoms in total. The number of rotatable bonds is 10. The molecular weight excluding hydrogens is 360 g/mol. The number of hydroxylamine groups is 1. The second-order valence-electron chi connectivity index (χ2n) is 4.67. The van der Waals surface area contributed by atoms with Crippen molar-refractivity contribution in [3.8, 4) is 0 Å². The van der Waals surface area contributed by atoms with E-state index in [1.54, 1.807) is 0 Å². The number of hydrogen-bond acceptors (Lipinski definition) is 8. The summed E-state index contributed by atoms with van der Waals surface area (Å²) in [6.45, 7) is -1.96.